The van der Waals surface area contributed by atoms with Crippen molar-refractivity contribution in [2.45, 2.75) is 36.9 Å². The van der Waals surface area contributed by atoms with Crippen molar-refractivity contribution in [3.8, 4) is 0 Å². The molecule has 0 spiro atoms. The van der Waals surface area contributed by atoms with Gasteiger partial charge in [0.15, 0.2) is 0 Å². The fraction of sp³-hybridized carbons (Fsp3) is 0.500. The molecule has 1 aliphatic heterocycles. The zero-order valence-corrected chi connectivity index (χ0v) is 13.1. The fourth-order valence-corrected chi connectivity index (χ4v) is 4.50. The number of carboxylic acids is 1. The van der Waals surface area contributed by atoms with Crippen molar-refractivity contribution in [3.05, 3.63) is 29.8 Å². The first-order valence-electron chi connectivity index (χ1n) is 6.97. The van der Waals surface area contributed by atoms with E-state index in [4.69, 9.17) is 5.11 Å². The van der Waals surface area contributed by atoms with Gasteiger partial charge in [-0.25, -0.2) is 8.42 Å². The molecule has 0 amide bonds. The van der Waals surface area contributed by atoms with Gasteiger partial charge in [-0.15, -0.1) is 0 Å². The summed E-state index contributed by atoms with van der Waals surface area (Å²) in [7, 11) is -4.19. The van der Waals surface area contributed by atoms with Crippen LogP contribution in [0, 0.1) is 5.92 Å². The van der Waals surface area contributed by atoms with Crippen LogP contribution in [-0.4, -0.2) is 36.4 Å². The number of hydrogen-bond donors (Lipinski definition) is 1. The van der Waals surface area contributed by atoms with Crippen LogP contribution in [0.4, 0.5) is 13.2 Å². The Labute approximate surface area is 131 Å². The molecule has 0 bridgehead atoms. The van der Waals surface area contributed by atoms with E-state index in [9.17, 15) is 26.4 Å². The average Bonchev–Trinajstić information content (AvgIpc) is 2.46. The van der Waals surface area contributed by atoms with Gasteiger partial charge in [0, 0.05) is 12.6 Å². The second kappa shape index (κ2) is 6.12. The van der Waals surface area contributed by atoms with Crippen molar-refractivity contribution in [2.75, 3.05) is 6.54 Å². The van der Waals surface area contributed by atoms with Crippen LogP contribution >= 0.6 is 0 Å². The molecule has 1 aromatic rings. The van der Waals surface area contributed by atoms with E-state index in [0.717, 1.165) is 22.5 Å². The Bertz CT molecular complexity index is 702. The predicted octanol–water partition coefficient (Wildman–Crippen LogP) is 2.58. The molecule has 1 fully saturated rings. The Kier molecular flexibility index (Phi) is 4.72. The van der Waals surface area contributed by atoms with Crippen LogP contribution in [-0.2, 0) is 21.0 Å². The zero-order chi connectivity index (χ0) is 17.4. The molecular formula is C14H16F3NO4S. The lowest BCUT2D eigenvalue weighted by Crippen LogP contribution is -2.49. The molecule has 128 valence electrons. The van der Waals surface area contributed by atoms with Crippen LogP contribution in [0.25, 0.3) is 0 Å². The van der Waals surface area contributed by atoms with Crippen LogP contribution < -0.4 is 0 Å². The van der Waals surface area contributed by atoms with Crippen molar-refractivity contribution >= 4 is 16.0 Å². The molecule has 2 rings (SSSR count). The minimum atomic E-state index is -4.65. The van der Waals surface area contributed by atoms with E-state index in [1.54, 1.807) is 0 Å². The highest BCUT2D eigenvalue weighted by Crippen LogP contribution is 2.33. The third-order valence-electron chi connectivity index (χ3n) is 4.02. The van der Waals surface area contributed by atoms with Gasteiger partial charge in [0.05, 0.1) is 16.4 Å². The second-order valence-corrected chi connectivity index (χ2v) is 7.36. The van der Waals surface area contributed by atoms with Gasteiger partial charge < -0.3 is 5.11 Å². The minimum absolute atomic E-state index is 0.0868. The SMILES string of the molecule is C[C@@H]1[C@H](C(=O)O)CCCN1S(=O)(=O)c1cccc(C(F)(F)F)c1. The first kappa shape index (κ1) is 17.7. The molecule has 1 N–H and O–H groups in total. The number of rotatable bonds is 3. The highest BCUT2D eigenvalue weighted by molar-refractivity contribution is 7.89. The zero-order valence-electron chi connectivity index (χ0n) is 12.2. The average molecular weight is 351 g/mol. The highest BCUT2D eigenvalue weighted by atomic mass is 32.2. The Morgan fingerprint density at radius 3 is 2.57 bits per heavy atom. The third kappa shape index (κ3) is 3.50. The van der Waals surface area contributed by atoms with E-state index in [1.807, 2.05) is 0 Å². The molecule has 0 unspecified atom stereocenters. The van der Waals surface area contributed by atoms with Gasteiger partial charge >= 0.3 is 12.1 Å². The molecule has 23 heavy (non-hydrogen) atoms. The van der Waals surface area contributed by atoms with Crippen LogP contribution in [0.2, 0.25) is 0 Å². The number of halogens is 3. The van der Waals surface area contributed by atoms with Crippen LogP contribution in [0.5, 0.6) is 0 Å². The molecule has 2 atom stereocenters. The summed E-state index contributed by atoms with van der Waals surface area (Å²) in [6.07, 6.45) is -3.97. The van der Waals surface area contributed by atoms with E-state index in [2.05, 4.69) is 0 Å². The summed E-state index contributed by atoms with van der Waals surface area (Å²) in [4.78, 5) is 10.7. The van der Waals surface area contributed by atoms with Gasteiger partial charge in [-0.3, -0.25) is 4.79 Å². The maximum atomic E-state index is 12.8. The maximum Gasteiger partial charge on any atom is 0.416 e. The third-order valence-corrected chi connectivity index (χ3v) is 6.00. The van der Waals surface area contributed by atoms with Gasteiger partial charge in [-0.2, -0.15) is 17.5 Å². The number of benzene rings is 1. The quantitative estimate of drug-likeness (QED) is 0.908. The van der Waals surface area contributed by atoms with Gasteiger partial charge in [0.2, 0.25) is 10.0 Å². The van der Waals surface area contributed by atoms with Crippen molar-refractivity contribution in [1.82, 2.24) is 4.31 Å². The monoisotopic (exact) mass is 351 g/mol. The Morgan fingerprint density at radius 2 is 2.00 bits per heavy atom. The maximum absolute atomic E-state index is 12.8. The van der Waals surface area contributed by atoms with Crippen molar-refractivity contribution in [2.24, 2.45) is 5.92 Å². The Hall–Kier alpha value is -1.61. The molecule has 0 aromatic heterocycles. The minimum Gasteiger partial charge on any atom is -0.481 e. The first-order chi connectivity index (χ1) is 10.5. The van der Waals surface area contributed by atoms with Gasteiger partial charge in [-0.1, -0.05) is 6.07 Å². The smallest absolute Gasteiger partial charge is 0.416 e. The number of piperidine rings is 1. The van der Waals surface area contributed by atoms with E-state index < -0.39 is 44.6 Å². The molecule has 0 radical (unpaired) electrons. The summed E-state index contributed by atoms with van der Waals surface area (Å²) in [6, 6.07) is 2.66. The summed E-state index contributed by atoms with van der Waals surface area (Å²) in [6.45, 7) is 1.55. The molecule has 0 saturated carbocycles. The van der Waals surface area contributed by atoms with Crippen LogP contribution in [0.15, 0.2) is 29.2 Å². The summed E-state index contributed by atoms with van der Waals surface area (Å²) in [5.74, 6) is -1.98. The standard InChI is InChI=1S/C14H16F3NO4S/c1-9-12(13(19)20)6-3-7-18(9)23(21,22)11-5-2-4-10(8-11)14(15,16)17/h2,4-5,8-9,12H,3,6-7H2,1H3,(H,19,20)/t9-,12-/m1/s1. The normalized spacial score (nSPS) is 23.7. The number of aliphatic carboxylic acids is 1. The van der Waals surface area contributed by atoms with E-state index >= 15 is 0 Å². The summed E-state index contributed by atoms with van der Waals surface area (Å²) < 4.78 is 64.5. The lowest BCUT2D eigenvalue weighted by molar-refractivity contribution is -0.144. The molecule has 9 heteroatoms. The molecule has 1 saturated heterocycles. The number of sulfonamides is 1. The van der Waals surface area contributed by atoms with Crippen molar-refractivity contribution in [3.63, 3.8) is 0 Å². The fourth-order valence-electron chi connectivity index (χ4n) is 2.75. The molecule has 0 aliphatic carbocycles. The van der Waals surface area contributed by atoms with Gasteiger partial charge in [-0.05, 0) is 38.0 Å². The van der Waals surface area contributed by atoms with Crippen LogP contribution in [0.3, 0.4) is 0 Å². The lowest BCUT2D eigenvalue weighted by Gasteiger charge is -2.36. The molecule has 1 heterocycles. The number of carboxylic acid groups (broad SMARTS) is 1. The van der Waals surface area contributed by atoms with Crippen molar-refractivity contribution < 1.29 is 31.5 Å². The number of carbonyl (C=O) groups is 1. The number of nitrogens with zero attached hydrogens (tertiary/aromatic N) is 1. The molecule has 1 aliphatic rings. The predicted molar refractivity (Wildman–Crippen MR) is 75.2 cm³/mol. The van der Waals surface area contributed by atoms with Gasteiger partial charge in [0.1, 0.15) is 0 Å². The first-order valence-corrected chi connectivity index (χ1v) is 8.41. The number of alkyl halides is 3. The molecule has 1 aromatic carbocycles. The van der Waals surface area contributed by atoms with Gasteiger partial charge in [0.25, 0.3) is 0 Å². The van der Waals surface area contributed by atoms with E-state index in [0.29, 0.717) is 18.9 Å². The summed E-state index contributed by atoms with van der Waals surface area (Å²) >= 11 is 0. The van der Waals surface area contributed by atoms with E-state index in [-0.39, 0.29) is 6.54 Å². The Morgan fingerprint density at radius 1 is 1.35 bits per heavy atom. The second-order valence-electron chi connectivity index (χ2n) is 5.47. The highest BCUT2D eigenvalue weighted by Gasteiger charge is 2.40. The molecule has 5 nitrogen and oxygen atoms in total. The largest absolute Gasteiger partial charge is 0.481 e. The number of hydrogen-bond acceptors (Lipinski definition) is 3. The lowest BCUT2D eigenvalue weighted by atomic mass is 9.92. The van der Waals surface area contributed by atoms with Crippen molar-refractivity contribution in [1.29, 1.82) is 0 Å². The van der Waals surface area contributed by atoms with Crippen LogP contribution in [0.1, 0.15) is 25.3 Å². The summed E-state index contributed by atoms with van der Waals surface area (Å²) in [5, 5.41) is 9.14. The summed E-state index contributed by atoms with van der Waals surface area (Å²) in [5.41, 5.74) is -1.06. The Balaban J connectivity index is 2.40. The molecular weight excluding hydrogens is 335 g/mol. The van der Waals surface area contributed by atoms with E-state index in [1.165, 1.54) is 6.92 Å². The topological polar surface area (TPSA) is 74.7 Å².